The van der Waals surface area contributed by atoms with Crippen molar-refractivity contribution in [1.82, 2.24) is 0 Å². The average Bonchev–Trinajstić information content (AvgIpc) is 2.36. The maximum atomic E-state index is 11.3. The third-order valence-corrected chi connectivity index (χ3v) is 4.30. The Bertz CT molecular complexity index is 485. The summed E-state index contributed by atoms with van der Waals surface area (Å²) in [6.07, 6.45) is 0.460. The van der Waals surface area contributed by atoms with Gasteiger partial charge in [0.1, 0.15) is 21.3 Å². The molecule has 6 heteroatoms. The number of hydrogen-bond donors (Lipinski definition) is 1. The standard InChI is InChI=1S/C12H19NO4S/c1-3-18(14,15)8-4-7-17-12-6-5-10(16-2)9-11(12)13/h5-6,9H,3-4,7-8,13H2,1-2H3. The van der Waals surface area contributed by atoms with Gasteiger partial charge in [-0.2, -0.15) is 0 Å². The van der Waals surface area contributed by atoms with Gasteiger partial charge in [-0.3, -0.25) is 0 Å². The van der Waals surface area contributed by atoms with Crippen LogP contribution >= 0.6 is 0 Å². The Hall–Kier alpha value is -1.43. The van der Waals surface area contributed by atoms with Gasteiger partial charge in [-0.05, 0) is 18.6 Å². The smallest absolute Gasteiger partial charge is 0.150 e. The highest BCUT2D eigenvalue weighted by atomic mass is 32.2. The van der Waals surface area contributed by atoms with Gasteiger partial charge < -0.3 is 15.2 Å². The van der Waals surface area contributed by atoms with E-state index in [1.807, 2.05) is 0 Å². The molecule has 0 aliphatic carbocycles. The van der Waals surface area contributed by atoms with Gasteiger partial charge in [0.05, 0.1) is 25.2 Å². The molecule has 0 aliphatic heterocycles. The van der Waals surface area contributed by atoms with Crippen molar-refractivity contribution in [3.05, 3.63) is 18.2 Å². The van der Waals surface area contributed by atoms with Gasteiger partial charge in [-0.25, -0.2) is 8.42 Å². The first-order valence-corrected chi connectivity index (χ1v) is 7.57. The van der Waals surface area contributed by atoms with Crippen LogP contribution in [0.1, 0.15) is 13.3 Å². The van der Waals surface area contributed by atoms with Crippen LogP contribution in [-0.2, 0) is 9.84 Å². The molecular formula is C12H19NO4S. The van der Waals surface area contributed by atoms with Crippen LogP contribution in [0.5, 0.6) is 11.5 Å². The van der Waals surface area contributed by atoms with E-state index in [1.165, 1.54) is 0 Å². The van der Waals surface area contributed by atoms with E-state index in [0.29, 0.717) is 30.2 Å². The Kier molecular flexibility index (Phi) is 5.27. The summed E-state index contributed by atoms with van der Waals surface area (Å²) in [6.45, 7) is 1.97. The lowest BCUT2D eigenvalue weighted by molar-refractivity contribution is 0.318. The summed E-state index contributed by atoms with van der Waals surface area (Å²) in [4.78, 5) is 0. The van der Waals surface area contributed by atoms with Crippen molar-refractivity contribution in [3.8, 4) is 11.5 Å². The molecular weight excluding hydrogens is 254 g/mol. The SMILES string of the molecule is CCS(=O)(=O)CCCOc1ccc(OC)cc1N. The summed E-state index contributed by atoms with van der Waals surface area (Å²) in [7, 11) is -1.37. The van der Waals surface area contributed by atoms with Crippen LogP contribution in [0, 0.1) is 0 Å². The Labute approximate surface area is 108 Å². The fourth-order valence-corrected chi connectivity index (χ4v) is 2.24. The first-order valence-electron chi connectivity index (χ1n) is 5.75. The van der Waals surface area contributed by atoms with E-state index in [4.69, 9.17) is 15.2 Å². The Morgan fingerprint density at radius 1 is 1.33 bits per heavy atom. The molecule has 0 fully saturated rings. The molecule has 5 nitrogen and oxygen atoms in total. The number of anilines is 1. The summed E-state index contributed by atoms with van der Waals surface area (Å²) in [5.41, 5.74) is 6.25. The van der Waals surface area contributed by atoms with E-state index < -0.39 is 9.84 Å². The number of benzene rings is 1. The molecule has 0 atom stereocenters. The number of hydrogen-bond acceptors (Lipinski definition) is 5. The van der Waals surface area contributed by atoms with Crippen molar-refractivity contribution in [2.75, 3.05) is 31.0 Å². The van der Waals surface area contributed by atoms with Gasteiger partial charge in [-0.1, -0.05) is 6.92 Å². The molecule has 0 aliphatic rings. The molecule has 0 bridgehead atoms. The Morgan fingerprint density at radius 3 is 2.61 bits per heavy atom. The third kappa shape index (κ3) is 4.44. The van der Waals surface area contributed by atoms with Crippen molar-refractivity contribution in [3.63, 3.8) is 0 Å². The minimum atomic E-state index is -2.93. The summed E-state index contributed by atoms with van der Waals surface area (Å²) in [6, 6.07) is 5.12. The van der Waals surface area contributed by atoms with Crippen molar-refractivity contribution in [2.45, 2.75) is 13.3 Å². The van der Waals surface area contributed by atoms with Crippen LogP contribution in [0.4, 0.5) is 5.69 Å². The molecule has 1 aromatic rings. The largest absolute Gasteiger partial charge is 0.497 e. The highest BCUT2D eigenvalue weighted by Gasteiger charge is 2.07. The van der Waals surface area contributed by atoms with Crippen LogP contribution < -0.4 is 15.2 Å². The molecule has 0 saturated carbocycles. The second-order valence-electron chi connectivity index (χ2n) is 3.84. The lowest BCUT2D eigenvalue weighted by atomic mass is 10.3. The van der Waals surface area contributed by atoms with E-state index in [2.05, 4.69) is 0 Å². The molecule has 0 radical (unpaired) electrons. The third-order valence-electron chi connectivity index (χ3n) is 2.51. The molecule has 0 heterocycles. The highest BCUT2D eigenvalue weighted by molar-refractivity contribution is 7.91. The lowest BCUT2D eigenvalue weighted by Gasteiger charge is -2.10. The monoisotopic (exact) mass is 273 g/mol. The number of rotatable bonds is 7. The first kappa shape index (κ1) is 14.6. The summed E-state index contributed by atoms with van der Waals surface area (Å²) in [5.74, 6) is 1.51. The van der Waals surface area contributed by atoms with E-state index in [0.717, 1.165) is 0 Å². The second kappa shape index (κ2) is 6.49. The van der Waals surface area contributed by atoms with Crippen LogP contribution in [0.2, 0.25) is 0 Å². The number of methoxy groups -OCH3 is 1. The minimum absolute atomic E-state index is 0.138. The maximum absolute atomic E-state index is 11.3. The van der Waals surface area contributed by atoms with Crippen LogP contribution in [0.25, 0.3) is 0 Å². The Morgan fingerprint density at radius 2 is 2.06 bits per heavy atom. The van der Waals surface area contributed by atoms with Crippen molar-refractivity contribution in [1.29, 1.82) is 0 Å². The maximum Gasteiger partial charge on any atom is 0.150 e. The fraction of sp³-hybridized carbons (Fsp3) is 0.500. The summed E-state index contributed by atoms with van der Waals surface area (Å²) < 4.78 is 33.0. The van der Waals surface area contributed by atoms with E-state index >= 15 is 0 Å². The number of ether oxygens (including phenoxy) is 2. The second-order valence-corrected chi connectivity index (χ2v) is 6.31. The zero-order chi connectivity index (χ0) is 13.6. The van der Waals surface area contributed by atoms with Gasteiger partial charge in [0.15, 0.2) is 0 Å². The molecule has 18 heavy (non-hydrogen) atoms. The van der Waals surface area contributed by atoms with Crippen molar-refractivity contribution in [2.24, 2.45) is 0 Å². The first-order chi connectivity index (χ1) is 8.48. The van der Waals surface area contributed by atoms with E-state index in [9.17, 15) is 8.42 Å². The topological polar surface area (TPSA) is 78.6 Å². The van der Waals surface area contributed by atoms with Crippen LogP contribution in [0.3, 0.4) is 0 Å². The molecule has 0 spiro atoms. The zero-order valence-electron chi connectivity index (χ0n) is 10.7. The van der Waals surface area contributed by atoms with Crippen LogP contribution in [-0.4, -0.2) is 33.6 Å². The van der Waals surface area contributed by atoms with Gasteiger partial charge in [0.2, 0.25) is 0 Å². The zero-order valence-corrected chi connectivity index (χ0v) is 11.5. The predicted molar refractivity (Wildman–Crippen MR) is 71.8 cm³/mol. The molecule has 102 valence electrons. The van der Waals surface area contributed by atoms with Crippen molar-refractivity contribution >= 4 is 15.5 Å². The highest BCUT2D eigenvalue weighted by Crippen LogP contribution is 2.26. The van der Waals surface area contributed by atoms with E-state index in [1.54, 1.807) is 32.2 Å². The van der Waals surface area contributed by atoms with Crippen LogP contribution in [0.15, 0.2) is 18.2 Å². The molecule has 0 saturated heterocycles. The number of nitrogen functional groups attached to an aromatic ring is 1. The molecule has 1 rings (SSSR count). The van der Waals surface area contributed by atoms with Gasteiger partial charge in [0.25, 0.3) is 0 Å². The molecule has 1 aromatic carbocycles. The summed E-state index contributed by atoms with van der Waals surface area (Å²) >= 11 is 0. The van der Waals surface area contributed by atoms with Gasteiger partial charge >= 0.3 is 0 Å². The van der Waals surface area contributed by atoms with Crippen molar-refractivity contribution < 1.29 is 17.9 Å². The molecule has 2 N–H and O–H groups in total. The molecule has 0 aromatic heterocycles. The average molecular weight is 273 g/mol. The minimum Gasteiger partial charge on any atom is -0.497 e. The lowest BCUT2D eigenvalue weighted by Crippen LogP contribution is -2.12. The van der Waals surface area contributed by atoms with Gasteiger partial charge in [-0.15, -0.1) is 0 Å². The Balaban J connectivity index is 2.45. The molecule has 0 amide bonds. The number of nitrogens with two attached hydrogens (primary N) is 1. The van der Waals surface area contributed by atoms with E-state index in [-0.39, 0.29) is 11.5 Å². The predicted octanol–water partition coefficient (Wildman–Crippen LogP) is 1.48. The fourth-order valence-electron chi connectivity index (χ4n) is 1.39. The molecule has 0 unspecified atom stereocenters. The van der Waals surface area contributed by atoms with Gasteiger partial charge in [0, 0.05) is 11.8 Å². The normalized spacial score (nSPS) is 11.2. The quantitative estimate of drug-likeness (QED) is 0.601. The summed E-state index contributed by atoms with van der Waals surface area (Å²) in [5, 5.41) is 0. The number of sulfone groups is 1.